The molecule has 0 saturated carbocycles. The van der Waals surface area contributed by atoms with Crippen molar-refractivity contribution in [2.45, 2.75) is 11.4 Å². The SMILES string of the molecule is C[NH2+]Cc1ccc(S(=O)(=O)[N-]c2ccccc2F)cc1. The molecule has 0 amide bonds. The molecule has 0 atom stereocenters. The van der Waals surface area contributed by atoms with E-state index in [1.165, 1.54) is 36.4 Å². The lowest BCUT2D eigenvalue weighted by atomic mass is 10.2. The smallest absolute Gasteiger partial charge is 0.123 e. The molecule has 2 aromatic carbocycles. The molecule has 0 unspecified atom stereocenters. The third-order valence-corrected chi connectivity index (χ3v) is 4.04. The van der Waals surface area contributed by atoms with Crippen molar-refractivity contribution in [3.05, 3.63) is 64.6 Å². The summed E-state index contributed by atoms with van der Waals surface area (Å²) in [6.07, 6.45) is 0. The van der Waals surface area contributed by atoms with E-state index in [9.17, 15) is 12.8 Å². The number of halogens is 1. The first-order chi connectivity index (χ1) is 9.53. The highest BCUT2D eigenvalue weighted by atomic mass is 32.2. The molecule has 0 aliphatic carbocycles. The second-order valence-corrected chi connectivity index (χ2v) is 5.88. The number of hydrogen-bond donors (Lipinski definition) is 1. The van der Waals surface area contributed by atoms with Crippen molar-refractivity contribution in [1.82, 2.24) is 0 Å². The fourth-order valence-electron chi connectivity index (χ4n) is 1.74. The van der Waals surface area contributed by atoms with Crippen LogP contribution in [0.3, 0.4) is 0 Å². The molecule has 0 spiro atoms. The molecule has 106 valence electrons. The topological polar surface area (TPSA) is 64.8 Å². The highest BCUT2D eigenvalue weighted by Gasteiger charge is 2.06. The van der Waals surface area contributed by atoms with E-state index >= 15 is 0 Å². The van der Waals surface area contributed by atoms with Crippen molar-refractivity contribution in [1.29, 1.82) is 0 Å². The fraction of sp³-hybridized carbons (Fsp3) is 0.143. The van der Waals surface area contributed by atoms with Crippen LogP contribution in [0.2, 0.25) is 0 Å². The first kappa shape index (κ1) is 14.5. The Morgan fingerprint density at radius 3 is 2.35 bits per heavy atom. The second kappa shape index (κ2) is 6.02. The highest BCUT2D eigenvalue weighted by molar-refractivity contribution is 7.94. The van der Waals surface area contributed by atoms with Crippen LogP contribution in [-0.4, -0.2) is 15.5 Å². The van der Waals surface area contributed by atoms with Crippen LogP contribution in [0.5, 0.6) is 0 Å². The molecular formula is C14H15FN2O2S. The molecule has 0 aliphatic rings. The number of sulfonamides is 1. The van der Waals surface area contributed by atoms with E-state index in [0.29, 0.717) is 0 Å². The summed E-state index contributed by atoms with van der Waals surface area (Å²) in [5, 5.41) is 1.98. The highest BCUT2D eigenvalue weighted by Crippen LogP contribution is 2.29. The van der Waals surface area contributed by atoms with Gasteiger partial charge in [0, 0.05) is 5.56 Å². The Morgan fingerprint density at radius 1 is 1.10 bits per heavy atom. The molecule has 0 bridgehead atoms. The summed E-state index contributed by atoms with van der Waals surface area (Å²) in [5.74, 6) is -0.659. The summed E-state index contributed by atoms with van der Waals surface area (Å²) in [6, 6.07) is 11.9. The third kappa shape index (κ3) is 3.34. The van der Waals surface area contributed by atoms with E-state index in [2.05, 4.69) is 4.72 Å². The summed E-state index contributed by atoms with van der Waals surface area (Å²) in [5.41, 5.74) is 0.829. The number of rotatable bonds is 5. The molecule has 0 aromatic heterocycles. The standard InChI is InChI=1S/C14H14FN2O2S/c1-16-10-11-6-8-12(9-7-11)20(18,19)17-14-5-3-2-4-13(14)15/h2-9,16H,10H2,1H3/q-1/p+1. The van der Waals surface area contributed by atoms with Gasteiger partial charge in [-0.1, -0.05) is 36.0 Å². The molecule has 0 aliphatic heterocycles. The maximum atomic E-state index is 13.4. The van der Waals surface area contributed by atoms with Crippen molar-refractivity contribution < 1.29 is 18.1 Å². The summed E-state index contributed by atoms with van der Waals surface area (Å²) < 4.78 is 41.1. The Kier molecular flexibility index (Phi) is 4.36. The fourth-order valence-corrected chi connectivity index (χ4v) is 2.73. The van der Waals surface area contributed by atoms with Crippen molar-refractivity contribution in [3.8, 4) is 0 Å². The molecule has 20 heavy (non-hydrogen) atoms. The lowest BCUT2D eigenvalue weighted by molar-refractivity contribution is -0.643. The average molecular weight is 294 g/mol. The second-order valence-electron chi connectivity index (χ2n) is 4.27. The average Bonchev–Trinajstić information content (AvgIpc) is 2.42. The zero-order valence-corrected chi connectivity index (χ0v) is 11.8. The predicted octanol–water partition coefficient (Wildman–Crippen LogP) is 1.91. The van der Waals surface area contributed by atoms with Gasteiger partial charge in [0.15, 0.2) is 0 Å². The van der Waals surface area contributed by atoms with Gasteiger partial charge in [0.2, 0.25) is 0 Å². The van der Waals surface area contributed by atoms with Crippen LogP contribution in [0.4, 0.5) is 10.1 Å². The van der Waals surface area contributed by atoms with Crippen LogP contribution in [0.15, 0.2) is 53.4 Å². The summed E-state index contributed by atoms with van der Waals surface area (Å²) in [7, 11) is -1.96. The lowest BCUT2D eigenvalue weighted by Gasteiger charge is -2.22. The Labute approximate surface area is 117 Å². The minimum atomic E-state index is -3.89. The van der Waals surface area contributed by atoms with Crippen LogP contribution < -0.4 is 5.32 Å². The molecule has 0 fully saturated rings. The monoisotopic (exact) mass is 294 g/mol. The van der Waals surface area contributed by atoms with Gasteiger partial charge < -0.3 is 10.0 Å². The van der Waals surface area contributed by atoms with E-state index in [0.717, 1.165) is 12.1 Å². The zero-order chi connectivity index (χ0) is 14.6. The van der Waals surface area contributed by atoms with Gasteiger partial charge in [0.1, 0.15) is 22.4 Å². The quantitative estimate of drug-likeness (QED) is 0.915. The van der Waals surface area contributed by atoms with Crippen LogP contribution in [0.1, 0.15) is 5.56 Å². The molecule has 2 N–H and O–H groups in total. The van der Waals surface area contributed by atoms with Crippen molar-refractivity contribution in [2.24, 2.45) is 0 Å². The van der Waals surface area contributed by atoms with Crippen molar-refractivity contribution >= 4 is 15.7 Å². The largest absolute Gasteiger partial charge is 0.570 e. The number of hydrogen-bond acceptors (Lipinski definition) is 2. The maximum Gasteiger partial charge on any atom is 0.123 e. The van der Waals surface area contributed by atoms with E-state index in [1.54, 1.807) is 12.1 Å². The first-order valence-corrected chi connectivity index (χ1v) is 7.56. The predicted molar refractivity (Wildman–Crippen MR) is 74.6 cm³/mol. The molecule has 0 saturated heterocycles. The van der Waals surface area contributed by atoms with Crippen LogP contribution in [-0.2, 0) is 16.6 Å². The molecule has 0 radical (unpaired) electrons. The summed E-state index contributed by atoms with van der Waals surface area (Å²) >= 11 is 0. The van der Waals surface area contributed by atoms with Gasteiger partial charge in [0.05, 0.1) is 11.9 Å². The minimum absolute atomic E-state index is 0.0561. The van der Waals surface area contributed by atoms with Gasteiger partial charge in [-0.15, -0.1) is 0 Å². The zero-order valence-electron chi connectivity index (χ0n) is 11.0. The Bertz CT molecular complexity index is 685. The number of quaternary nitrogens is 1. The van der Waals surface area contributed by atoms with Crippen LogP contribution in [0.25, 0.3) is 4.72 Å². The summed E-state index contributed by atoms with van der Waals surface area (Å²) in [4.78, 5) is 0.0561. The van der Waals surface area contributed by atoms with E-state index < -0.39 is 15.8 Å². The molecule has 2 aromatic rings. The number of nitrogens with two attached hydrogens (primary N) is 1. The van der Waals surface area contributed by atoms with Gasteiger partial charge in [-0.2, -0.15) is 0 Å². The lowest BCUT2D eigenvalue weighted by Crippen LogP contribution is -2.77. The Morgan fingerprint density at radius 2 is 1.75 bits per heavy atom. The Hall–Kier alpha value is -1.92. The van der Waals surface area contributed by atoms with Gasteiger partial charge in [-0.05, 0) is 18.2 Å². The van der Waals surface area contributed by atoms with Gasteiger partial charge in [0.25, 0.3) is 0 Å². The first-order valence-electron chi connectivity index (χ1n) is 6.12. The number of benzene rings is 2. The van der Waals surface area contributed by atoms with Crippen LogP contribution >= 0.6 is 0 Å². The van der Waals surface area contributed by atoms with E-state index in [4.69, 9.17) is 0 Å². The third-order valence-electron chi connectivity index (χ3n) is 2.73. The van der Waals surface area contributed by atoms with E-state index in [-0.39, 0.29) is 10.6 Å². The maximum absolute atomic E-state index is 13.4. The van der Waals surface area contributed by atoms with Crippen molar-refractivity contribution in [3.63, 3.8) is 0 Å². The molecule has 0 heterocycles. The number of nitrogens with zero attached hydrogens (tertiary/aromatic N) is 1. The molecule has 4 nitrogen and oxygen atoms in total. The molecular weight excluding hydrogens is 279 g/mol. The molecule has 2 rings (SSSR count). The van der Waals surface area contributed by atoms with Crippen LogP contribution in [0, 0.1) is 5.82 Å². The van der Waals surface area contributed by atoms with Gasteiger partial charge in [-0.25, -0.2) is 12.8 Å². The van der Waals surface area contributed by atoms with E-state index in [1.807, 2.05) is 12.4 Å². The normalized spacial score (nSPS) is 11.3. The Balaban J connectivity index is 2.24. The van der Waals surface area contributed by atoms with Gasteiger partial charge >= 0.3 is 0 Å². The summed E-state index contributed by atoms with van der Waals surface area (Å²) in [6.45, 7) is 0.769. The van der Waals surface area contributed by atoms with Crippen molar-refractivity contribution in [2.75, 3.05) is 7.05 Å². The minimum Gasteiger partial charge on any atom is -0.570 e. The molecule has 6 heteroatoms. The van der Waals surface area contributed by atoms with Gasteiger partial charge in [-0.3, -0.25) is 0 Å².